The van der Waals surface area contributed by atoms with Gasteiger partial charge in [-0.1, -0.05) is 42.5 Å². The molecule has 100 valence electrons. The van der Waals surface area contributed by atoms with Crippen molar-refractivity contribution < 1.29 is 8.98 Å². The molecule has 0 saturated carbocycles. The molecule has 0 N–H and O–H groups in total. The summed E-state index contributed by atoms with van der Waals surface area (Å²) < 4.78 is 7.02. The molecule has 2 aromatic carbocycles. The molecule has 3 rings (SSSR count). The molecule has 0 aliphatic heterocycles. The van der Waals surface area contributed by atoms with Crippen LogP contribution in [0.2, 0.25) is 0 Å². The number of nitrogens with zero attached hydrogens (tertiary/aromatic N) is 1. The van der Waals surface area contributed by atoms with Gasteiger partial charge in [0.1, 0.15) is 12.0 Å². The van der Waals surface area contributed by atoms with E-state index in [9.17, 15) is 4.79 Å². The van der Waals surface area contributed by atoms with Crippen LogP contribution in [0.1, 0.15) is 5.56 Å². The fourth-order valence-corrected chi connectivity index (χ4v) is 3.32. The van der Waals surface area contributed by atoms with Crippen molar-refractivity contribution in [2.45, 2.75) is 10.8 Å². The summed E-state index contributed by atoms with van der Waals surface area (Å²) in [5.41, 5.74) is 1.88. The lowest BCUT2D eigenvalue weighted by Gasteiger charge is -2.00. The number of para-hydroxylation sites is 1. The Bertz CT molecular complexity index is 692. The van der Waals surface area contributed by atoms with Gasteiger partial charge in [-0.15, -0.1) is 11.3 Å². The molecule has 20 heavy (non-hydrogen) atoms. The zero-order chi connectivity index (χ0) is 13.8. The van der Waals surface area contributed by atoms with Crippen molar-refractivity contribution in [3.63, 3.8) is 0 Å². The number of hydrogen-bond acceptors (Lipinski definition) is 5. The minimum atomic E-state index is -0.263. The summed E-state index contributed by atoms with van der Waals surface area (Å²) in [5.74, 6) is -0.263. The lowest BCUT2D eigenvalue weighted by atomic mass is 10.2. The maximum Gasteiger partial charge on any atom is 0.322 e. The molecule has 0 amide bonds. The molecule has 1 heterocycles. The second-order valence-corrected chi connectivity index (χ2v) is 6.16. The summed E-state index contributed by atoms with van der Waals surface area (Å²) in [6, 6.07) is 17.4. The van der Waals surface area contributed by atoms with Gasteiger partial charge in [0.25, 0.3) is 0 Å². The third-order valence-corrected chi connectivity index (χ3v) is 4.46. The lowest BCUT2D eigenvalue weighted by Crippen LogP contribution is -2.02. The highest BCUT2D eigenvalue weighted by molar-refractivity contribution is 7.97. The Hall–Kier alpha value is -1.85. The van der Waals surface area contributed by atoms with Crippen LogP contribution >= 0.6 is 23.4 Å². The molecule has 0 unspecified atom stereocenters. The summed E-state index contributed by atoms with van der Waals surface area (Å²) in [6.45, 7) is 0. The molecule has 0 atom stereocenters. The standard InChI is InChI=1S/C15H11NO2S2/c17-14(10-11-6-2-1-3-7-11)18-20-15-16-12-8-4-5-9-13(12)19-15/h1-9H,10H2. The maximum atomic E-state index is 11.7. The van der Waals surface area contributed by atoms with E-state index in [1.54, 1.807) is 0 Å². The van der Waals surface area contributed by atoms with Gasteiger partial charge in [0.2, 0.25) is 0 Å². The number of thiazole rings is 1. The Morgan fingerprint density at radius 2 is 1.85 bits per heavy atom. The average Bonchev–Trinajstić information content (AvgIpc) is 2.89. The largest absolute Gasteiger partial charge is 0.383 e. The van der Waals surface area contributed by atoms with Gasteiger partial charge in [0.05, 0.1) is 16.6 Å². The molecule has 0 spiro atoms. The Kier molecular flexibility index (Phi) is 3.99. The van der Waals surface area contributed by atoms with Gasteiger partial charge >= 0.3 is 5.97 Å². The van der Waals surface area contributed by atoms with E-state index in [1.807, 2.05) is 54.6 Å². The fraction of sp³-hybridized carbons (Fsp3) is 0.0667. The average molecular weight is 301 g/mol. The molecule has 0 fully saturated rings. The first-order chi connectivity index (χ1) is 9.81. The highest BCUT2D eigenvalue weighted by Crippen LogP contribution is 2.29. The van der Waals surface area contributed by atoms with Crippen LogP contribution in [-0.4, -0.2) is 11.0 Å². The summed E-state index contributed by atoms with van der Waals surface area (Å²) in [4.78, 5) is 16.1. The second kappa shape index (κ2) is 6.07. The summed E-state index contributed by atoms with van der Waals surface area (Å²) >= 11 is 2.55. The zero-order valence-electron chi connectivity index (χ0n) is 10.5. The predicted molar refractivity (Wildman–Crippen MR) is 81.7 cm³/mol. The Labute approximate surface area is 124 Å². The van der Waals surface area contributed by atoms with Crippen LogP contribution in [0, 0.1) is 0 Å². The molecule has 0 aliphatic carbocycles. The van der Waals surface area contributed by atoms with Crippen LogP contribution in [0.25, 0.3) is 10.2 Å². The highest BCUT2D eigenvalue weighted by Gasteiger charge is 2.09. The monoisotopic (exact) mass is 301 g/mol. The normalized spacial score (nSPS) is 10.6. The molecule has 0 bridgehead atoms. The van der Waals surface area contributed by atoms with Gasteiger partial charge in [-0.2, -0.15) is 0 Å². The van der Waals surface area contributed by atoms with Crippen molar-refractivity contribution >= 4 is 39.6 Å². The molecular formula is C15H11NO2S2. The van der Waals surface area contributed by atoms with E-state index < -0.39 is 0 Å². The van der Waals surface area contributed by atoms with Gasteiger partial charge in [-0.25, -0.2) is 4.98 Å². The second-order valence-electron chi connectivity index (χ2n) is 4.15. The van der Waals surface area contributed by atoms with Crippen molar-refractivity contribution in [3.8, 4) is 0 Å². The Balaban J connectivity index is 1.60. The molecule has 3 aromatic rings. The van der Waals surface area contributed by atoms with E-state index in [1.165, 1.54) is 11.3 Å². The molecule has 1 aromatic heterocycles. The Morgan fingerprint density at radius 1 is 1.10 bits per heavy atom. The number of rotatable bonds is 4. The number of fused-ring (bicyclic) bond motifs is 1. The van der Waals surface area contributed by atoms with E-state index in [-0.39, 0.29) is 12.4 Å². The number of carbonyl (C=O) groups excluding carboxylic acids is 1. The van der Waals surface area contributed by atoms with Gasteiger partial charge in [-0.3, -0.25) is 4.79 Å². The van der Waals surface area contributed by atoms with Crippen LogP contribution in [0.5, 0.6) is 0 Å². The third kappa shape index (κ3) is 3.18. The number of benzene rings is 2. The van der Waals surface area contributed by atoms with Crippen molar-refractivity contribution in [1.29, 1.82) is 0 Å². The maximum absolute atomic E-state index is 11.7. The SMILES string of the molecule is O=C(Cc1ccccc1)OSc1nc2ccccc2s1. The Morgan fingerprint density at radius 3 is 2.65 bits per heavy atom. The minimum absolute atomic E-state index is 0.263. The summed E-state index contributed by atoms with van der Waals surface area (Å²) in [7, 11) is 0. The molecular weight excluding hydrogens is 290 g/mol. The van der Waals surface area contributed by atoms with Crippen LogP contribution in [-0.2, 0) is 15.4 Å². The van der Waals surface area contributed by atoms with E-state index in [2.05, 4.69) is 4.98 Å². The number of aromatic nitrogens is 1. The lowest BCUT2D eigenvalue weighted by molar-refractivity contribution is -0.132. The van der Waals surface area contributed by atoms with E-state index in [0.29, 0.717) is 0 Å². The van der Waals surface area contributed by atoms with Crippen molar-refractivity contribution in [2.24, 2.45) is 0 Å². The fourth-order valence-electron chi connectivity index (χ4n) is 1.76. The van der Waals surface area contributed by atoms with Crippen LogP contribution in [0.15, 0.2) is 58.9 Å². The van der Waals surface area contributed by atoms with Crippen LogP contribution < -0.4 is 0 Å². The number of hydrogen-bond donors (Lipinski definition) is 0. The van der Waals surface area contributed by atoms with Gasteiger partial charge in [0.15, 0.2) is 4.34 Å². The van der Waals surface area contributed by atoms with Gasteiger partial charge in [-0.05, 0) is 17.7 Å². The third-order valence-electron chi connectivity index (χ3n) is 2.67. The highest BCUT2D eigenvalue weighted by atomic mass is 32.2. The summed E-state index contributed by atoms with van der Waals surface area (Å²) in [6.07, 6.45) is 0.277. The zero-order valence-corrected chi connectivity index (χ0v) is 12.1. The first kappa shape index (κ1) is 13.1. The predicted octanol–water partition coefficient (Wildman–Crippen LogP) is 4.09. The number of carbonyl (C=O) groups is 1. The molecule has 5 heteroatoms. The molecule has 0 saturated heterocycles. The van der Waals surface area contributed by atoms with Crippen molar-refractivity contribution in [2.75, 3.05) is 0 Å². The van der Waals surface area contributed by atoms with Crippen LogP contribution in [0.3, 0.4) is 0 Å². The van der Waals surface area contributed by atoms with E-state index >= 15 is 0 Å². The van der Waals surface area contributed by atoms with Crippen molar-refractivity contribution in [1.82, 2.24) is 4.98 Å². The molecule has 0 aliphatic rings. The van der Waals surface area contributed by atoms with Gasteiger partial charge in [0, 0.05) is 0 Å². The van der Waals surface area contributed by atoms with E-state index in [0.717, 1.165) is 32.2 Å². The van der Waals surface area contributed by atoms with Gasteiger partial charge < -0.3 is 4.18 Å². The topological polar surface area (TPSA) is 39.2 Å². The summed E-state index contributed by atoms with van der Waals surface area (Å²) in [5, 5.41) is 0. The molecule has 3 nitrogen and oxygen atoms in total. The van der Waals surface area contributed by atoms with E-state index in [4.69, 9.17) is 4.18 Å². The first-order valence-corrected chi connectivity index (χ1v) is 7.64. The quantitative estimate of drug-likeness (QED) is 0.680. The first-order valence-electron chi connectivity index (χ1n) is 6.08. The smallest absolute Gasteiger partial charge is 0.322 e. The van der Waals surface area contributed by atoms with Crippen LogP contribution in [0.4, 0.5) is 0 Å². The van der Waals surface area contributed by atoms with Crippen molar-refractivity contribution in [3.05, 3.63) is 60.2 Å². The minimum Gasteiger partial charge on any atom is -0.383 e. The molecule has 0 radical (unpaired) electrons.